The molecule has 0 bridgehead atoms. The van der Waals surface area contributed by atoms with E-state index in [0.717, 1.165) is 16.8 Å². The molecule has 2 amide bonds. The van der Waals surface area contributed by atoms with Crippen molar-refractivity contribution in [2.45, 2.75) is 37.8 Å². The Labute approximate surface area is 170 Å². The molecule has 6 nitrogen and oxygen atoms in total. The third kappa shape index (κ3) is 3.17. The fraction of sp³-hybridized carbons (Fsp3) is 0.391. The lowest BCUT2D eigenvalue weighted by Gasteiger charge is -2.34. The fourth-order valence-corrected chi connectivity index (χ4v) is 4.55. The number of hydrogen-bond donors (Lipinski definition) is 1. The summed E-state index contributed by atoms with van der Waals surface area (Å²) in [7, 11) is 1.61. The van der Waals surface area contributed by atoms with Crippen LogP contribution >= 0.6 is 0 Å². The Balaban J connectivity index is 1.81. The largest absolute Gasteiger partial charge is 0.497 e. The number of ether oxygens (including phenoxy) is 2. The zero-order chi connectivity index (χ0) is 20.6. The zero-order valence-corrected chi connectivity index (χ0v) is 17.0. The van der Waals surface area contributed by atoms with Gasteiger partial charge in [-0.15, -0.1) is 0 Å². The summed E-state index contributed by atoms with van der Waals surface area (Å²) < 4.78 is 11.0. The van der Waals surface area contributed by atoms with Crippen molar-refractivity contribution >= 4 is 17.5 Å². The molecule has 1 spiro atoms. The molecule has 29 heavy (non-hydrogen) atoms. The maximum absolute atomic E-state index is 13.3. The molecule has 0 unspecified atom stereocenters. The van der Waals surface area contributed by atoms with Crippen LogP contribution in [0.4, 0.5) is 5.69 Å². The average molecular weight is 394 g/mol. The number of carbonyl (C=O) groups is 2. The molecule has 152 valence electrons. The third-order valence-corrected chi connectivity index (χ3v) is 5.86. The fourth-order valence-electron chi connectivity index (χ4n) is 4.55. The van der Waals surface area contributed by atoms with Gasteiger partial charge in [-0.2, -0.15) is 0 Å². The zero-order valence-electron chi connectivity index (χ0n) is 17.0. The van der Waals surface area contributed by atoms with Crippen molar-refractivity contribution in [2.24, 2.45) is 0 Å². The van der Waals surface area contributed by atoms with E-state index in [2.05, 4.69) is 5.32 Å². The number of para-hydroxylation sites is 1. The van der Waals surface area contributed by atoms with Gasteiger partial charge in [0.2, 0.25) is 11.8 Å². The van der Waals surface area contributed by atoms with E-state index < -0.39 is 11.5 Å². The number of amides is 2. The Kier molecular flexibility index (Phi) is 5.04. The van der Waals surface area contributed by atoms with Crippen LogP contribution in [-0.4, -0.2) is 43.1 Å². The van der Waals surface area contributed by atoms with Crippen molar-refractivity contribution in [1.82, 2.24) is 4.90 Å². The number of anilines is 1. The molecule has 0 radical (unpaired) electrons. The van der Waals surface area contributed by atoms with Crippen molar-refractivity contribution in [3.63, 3.8) is 0 Å². The summed E-state index contributed by atoms with van der Waals surface area (Å²) in [6.45, 7) is 4.29. The molecule has 2 heterocycles. The molecule has 0 saturated carbocycles. The van der Waals surface area contributed by atoms with Crippen molar-refractivity contribution in [3.8, 4) is 5.75 Å². The SMILES string of the molecule is COc1cccc([C@@H]2N(C(=O)COC(C)C)CC[C@]23C(=O)Nc2ccccc23)c1. The van der Waals surface area contributed by atoms with Crippen LogP contribution in [0.1, 0.15) is 37.4 Å². The highest BCUT2D eigenvalue weighted by molar-refractivity contribution is 6.07. The predicted octanol–water partition coefficient (Wildman–Crippen LogP) is 3.28. The van der Waals surface area contributed by atoms with Crippen LogP contribution in [-0.2, 0) is 19.7 Å². The number of carbonyl (C=O) groups excluding carboxylic acids is 2. The standard InChI is InChI=1S/C23H26N2O4/c1-15(2)29-14-20(26)25-12-11-23(18-9-4-5-10-19(18)24-22(23)27)21(25)16-7-6-8-17(13-16)28-3/h4-10,13,15,21H,11-12,14H2,1-3H3,(H,24,27)/t21-,23+/m0/s1. The Bertz CT molecular complexity index is 942. The minimum Gasteiger partial charge on any atom is -0.497 e. The second kappa shape index (κ2) is 7.52. The molecule has 2 aromatic carbocycles. The Hall–Kier alpha value is -2.86. The van der Waals surface area contributed by atoms with Crippen LogP contribution in [0.3, 0.4) is 0 Å². The second-order valence-electron chi connectivity index (χ2n) is 7.85. The highest BCUT2D eigenvalue weighted by atomic mass is 16.5. The number of likely N-dealkylation sites (tertiary alicyclic amines) is 1. The average Bonchev–Trinajstić information content (AvgIpc) is 3.26. The molecular formula is C23H26N2O4. The molecule has 2 aliphatic rings. The van der Waals surface area contributed by atoms with Crippen LogP contribution in [0.25, 0.3) is 0 Å². The summed E-state index contributed by atoms with van der Waals surface area (Å²) in [4.78, 5) is 28.2. The maximum Gasteiger partial charge on any atom is 0.249 e. The molecule has 2 aliphatic heterocycles. The topological polar surface area (TPSA) is 67.9 Å². The number of methoxy groups -OCH3 is 1. The number of fused-ring (bicyclic) bond motifs is 2. The van der Waals surface area contributed by atoms with Crippen molar-refractivity contribution in [2.75, 3.05) is 25.6 Å². The van der Waals surface area contributed by atoms with Crippen LogP contribution in [0.5, 0.6) is 5.75 Å². The van der Waals surface area contributed by atoms with Gasteiger partial charge in [-0.25, -0.2) is 0 Å². The molecule has 1 N–H and O–H groups in total. The van der Waals surface area contributed by atoms with E-state index in [-0.39, 0.29) is 24.5 Å². The van der Waals surface area contributed by atoms with Gasteiger partial charge in [-0.1, -0.05) is 30.3 Å². The van der Waals surface area contributed by atoms with Gasteiger partial charge in [-0.05, 0) is 49.6 Å². The van der Waals surface area contributed by atoms with Crippen molar-refractivity contribution in [1.29, 1.82) is 0 Å². The summed E-state index contributed by atoms with van der Waals surface area (Å²) in [5.41, 5.74) is 1.82. The Morgan fingerprint density at radius 1 is 1.24 bits per heavy atom. The maximum atomic E-state index is 13.3. The van der Waals surface area contributed by atoms with Gasteiger partial charge in [0.25, 0.3) is 0 Å². The minimum absolute atomic E-state index is 0.00250. The molecule has 6 heteroatoms. The number of nitrogens with zero attached hydrogens (tertiary/aromatic N) is 1. The van der Waals surface area contributed by atoms with E-state index in [0.29, 0.717) is 18.7 Å². The van der Waals surface area contributed by atoms with E-state index in [9.17, 15) is 9.59 Å². The molecule has 2 aromatic rings. The highest BCUT2D eigenvalue weighted by Gasteiger charge is 2.59. The third-order valence-electron chi connectivity index (χ3n) is 5.86. The van der Waals surface area contributed by atoms with Crippen LogP contribution in [0, 0.1) is 0 Å². The number of hydrogen-bond acceptors (Lipinski definition) is 4. The van der Waals surface area contributed by atoms with Crippen LogP contribution in [0.15, 0.2) is 48.5 Å². The summed E-state index contributed by atoms with van der Waals surface area (Å²) in [5.74, 6) is 0.522. The van der Waals surface area contributed by atoms with Gasteiger partial charge >= 0.3 is 0 Å². The van der Waals surface area contributed by atoms with Crippen molar-refractivity contribution in [3.05, 3.63) is 59.7 Å². The first kappa shape index (κ1) is 19.5. The van der Waals surface area contributed by atoms with Gasteiger partial charge in [0.15, 0.2) is 0 Å². The summed E-state index contributed by atoms with van der Waals surface area (Å²) in [6.07, 6.45) is 0.520. The van der Waals surface area contributed by atoms with Gasteiger partial charge in [0.05, 0.1) is 19.3 Å². The first-order valence-electron chi connectivity index (χ1n) is 9.93. The Morgan fingerprint density at radius 3 is 2.79 bits per heavy atom. The number of benzene rings is 2. The summed E-state index contributed by atoms with van der Waals surface area (Å²) in [6, 6.07) is 14.9. The van der Waals surface area contributed by atoms with Gasteiger partial charge in [-0.3, -0.25) is 9.59 Å². The minimum atomic E-state index is -0.823. The normalized spacial score (nSPS) is 22.8. The predicted molar refractivity (Wildman–Crippen MR) is 110 cm³/mol. The van der Waals surface area contributed by atoms with Crippen molar-refractivity contribution < 1.29 is 19.1 Å². The Morgan fingerprint density at radius 2 is 2.03 bits per heavy atom. The number of nitrogens with one attached hydrogen (secondary N) is 1. The monoisotopic (exact) mass is 394 g/mol. The molecule has 2 atom stereocenters. The summed E-state index contributed by atoms with van der Waals surface area (Å²) >= 11 is 0. The lowest BCUT2D eigenvalue weighted by molar-refractivity contribution is -0.139. The van der Waals surface area contributed by atoms with Crippen LogP contribution in [0.2, 0.25) is 0 Å². The lowest BCUT2D eigenvalue weighted by atomic mass is 9.72. The molecule has 0 aromatic heterocycles. The highest BCUT2D eigenvalue weighted by Crippen LogP contribution is 2.54. The van der Waals surface area contributed by atoms with Gasteiger partial charge in [0, 0.05) is 12.2 Å². The first-order chi connectivity index (χ1) is 14.0. The van der Waals surface area contributed by atoms with E-state index in [1.807, 2.05) is 62.4 Å². The van der Waals surface area contributed by atoms with E-state index >= 15 is 0 Å². The molecular weight excluding hydrogens is 368 g/mol. The molecule has 0 aliphatic carbocycles. The molecule has 1 fully saturated rings. The van der Waals surface area contributed by atoms with E-state index in [4.69, 9.17) is 9.47 Å². The van der Waals surface area contributed by atoms with Crippen LogP contribution < -0.4 is 10.1 Å². The molecule has 4 rings (SSSR count). The second-order valence-corrected chi connectivity index (χ2v) is 7.85. The lowest BCUT2D eigenvalue weighted by Crippen LogP contribution is -2.43. The van der Waals surface area contributed by atoms with E-state index in [1.165, 1.54) is 0 Å². The number of rotatable bonds is 5. The summed E-state index contributed by atoms with van der Waals surface area (Å²) in [5, 5.41) is 3.03. The molecule has 1 saturated heterocycles. The van der Waals surface area contributed by atoms with Gasteiger partial charge in [0.1, 0.15) is 17.8 Å². The first-order valence-corrected chi connectivity index (χ1v) is 9.93. The van der Waals surface area contributed by atoms with E-state index in [1.54, 1.807) is 12.0 Å². The quantitative estimate of drug-likeness (QED) is 0.845. The van der Waals surface area contributed by atoms with Gasteiger partial charge < -0.3 is 19.7 Å². The smallest absolute Gasteiger partial charge is 0.249 e.